The molecular formula is C22H26N2O3. The van der Waals surface area contributed by atoms with Crippen molar-refractivity contribution < 1.29 is 14.3 Å². The highest BCUT2D eigenvalue weighted by Crippen LogP contribution is 2.19. The van der Waals surface area contributed by atoms with Crippen LogP contribution in [0.5, 0.6) is 0 Å². The molecular weight excluding hydrogens is 340 g/mol. The minimum atomic E-state index is -0.275. The van der Waals surface area contributed by atoms with Crippen LogP contribution in [0.3, 0.4) is 0 Å². The Labute approximate surface area is 160 Å². The number of nitrogens with one attached hydrogen (secondary N) is 1. The Morgan fingerprint density at radius 1 is 1.11 bits per heavy atom. The Bertz CT molecular complexity index is 776. The van der Waals surface area contributed by atoms with E-state index in [2.05, 4.69) is 17.4 Å². The standard InChI is InChI=1S/C22H26N2O3/c1-27-16-19-10-6-5-9-18(19)14-23-22(26)20-13-21(25)24(15-20)12-11-17-7-3-2-4-8-17/h2-10,20H,11-16H2,1H3,(H,23,26). The number of carbonyl (C=O) groups excluding carboxylic acids is 2. The van der Waals surface area contributed by atoms with Crippen molar-refractivity contribution in [2.24, 2.45) is 5.92 Å². The van der Waals surface area contributed by atoms with E-state index in [4.69, 9.17) is 4.74 Å². The number of methoxy groups -OCH3 is 1. The summed E-state index contributed by atoms with van der Waals surface area (Å²) in [6, 6.07) is 18.0. The van der Waals surface area contributed by atoms with Crippen LogP contribution in [0.2, 0.25) is 0 Å². The van der Waals surface area contributed by atoms with E-state index < -0.39 is 0 Å². The van der Waals surface area contributed by atoms with E-state index in [1.165, 1.54) is 5.56 Å². The second-order valence-corrected chi connectivity index (χ2v) is 6.90. The summed E-state index contributed by atoms with van der Waals surface area (Å²) in [6.07, 6.45) is 1.10. The zero-order valence-corrected chi connectivity index (χ0v) is 15.7. The number of carbonyl (C=O) groups is 2. The van der Waals surface area contributed by atoms with Gasteiger partial charge in [0, 0.05) is 33.2 Å². The van der Waals surface area contributed by atoms with Gasteiger partial charge in [-0.05, 0) is 23.1 Å². The first-order chi connectivity index (χ1) is 13.2. The molecule has 0 saturated carbocycles. The SMILES string of the molecule is COCc1ccccc1CNC(=O)C1CC(=O)N(CCc2ccccc2)C1. The molecule has 2 amide bonds. The predicted octanol–water partition coefficient (Wildman–Crippen LogP) is 2.54. The van der Waals surface area contributed by atoms with Gasteiger partial charge in [0.25, 0.3) is 0 Å². The molecule has 0 aliphatic carbocycles. The van der Waals surface area contributed by atoms with E-state index >= 15 is 0 Å². The number of likely N-dealkylation sites (tertiary alicyclic amines) is 1. The third kappa shape index (κ3) is 5.17. The van der Waals surface area contributed by atoms with Gasteiger partial charge in [0.15, 0.2) is 0 Å². The van der Waals surface area contributed by atoms with Crippen molar-refractivity contribution in [3.63, 3.8) is 0 Å². The van der Waals surface area contributed by atoms with Gasteiger partial charge in [0.1, 0.15) is 0 Å². The quantitative estimate of drug-likeness (QED) is 0.781. The average Bonchev–Trinajstić information content (AvgIpc) is 3.07. The first-order valence-electron chi connectivity index (χ1n) is 9.32. The lowest BCUT2D eigenvalue weighted by Gasteiger charge is -2.17. The van der Waals surface area contributed by atoms with Gasteiger partial charge in [-0.3, -0.25) is 9.59 Å². The van der Waals surface area contributed by atoms with Crippen LogP contribution in [-0.2, 0) is 33.9 Å². The van der Waals surface area contributed by atoms with E-state index in [0.717, 1.165) is 17.5 Å². The van der Waals surface area contributed by atoms with Crippen LogP contribution in [0.4, 0.5) is 0 Å². The van der Waals surface area contributed by atoms with Gasteiger partial charge in [-0.25, -0.2) is 0 Å². The highest BCUT2D eigenvalue weighted by Gasteiger charge is 2.33. The largest absolute Gasteiger partial charge is 0.380 e. The molecule has 1 unspecified atom stereocenters. The zero-order valence-electron chi connectivity index (χ0n) is 15.7. The van der Waals surface area contributed by atoms with Gasteiger partial charge < -0.3 is 15.0 Å². The molecule has 0 bridgehead atoms. The molecule has 0 radical (unpaired) electrons. The number of rotatable bonds is 8. The summed E-state index contributed by atoms with van der Waals surface area (Å²) < 4.78 is 5.20. The first-order valence-corrected chi connectivity index (χ1v) is 9.32. The number of nitrogens with zero attached hydrogens (tertiary/aromatic N) is 1. The van der Waals surface area contributed by atoms with Crippen molar-refractivity contribution in [1.29, 1.82) is 0 Å². The summed E-state index contributed by atoms with van der Waals surface area (Å²) in [4.78, 5) is 26.6. The first kappa shape index (κ1) is 19.1. The molecule has 5 heteroatoms. The highest BCUT2D eigenvalue weighted by molar-refractivity contribution is 5.89. The second kappa shape index (κ2) is 9.33. The maximum absolute atomic E-state index is 12.5. The lowest BCUT2D eigenvalue weighted by Crippen LogP contribution is -2.33. The third-order valence-electron chi connectivity index (χ3n) is 4.97. The monoisotopic (exact) mass is 366 g/mol. The van der Waals surface area contributed by atoms with Crippen LogP contribution >= 0.6 is 0 Å². The number of ether oxygens (including phenoxy) is 1. The van der Waals surface area contributed by atoms with E-state index in [-0.39, 0.29) is 17.7 Å². The Hall–Kier alpha value is -2.66. The van der Waals surface area contributed by atoms with Gasteiger partial charge in [-0.15, -0.1) is 0 Å². The maximum atomic E-state index is 12.5. The lowest BCUT2D eigenvalue weighted by atomic mass is 10.1. The topological polar surface area (TPSA) is 58.6 Å². The molecule has 1 fully saturated rings. The number of hydrogen-bond donors (Lipinski definition) is 1. The fourth-order valence-electron chi connectivity index (χ4n) is 3.43. The van der Waals surface area contributed by atoms with E-state index in [1.54, 1.807) is 12.0 Å². The van der Waals surface area contributed by atoms with Crippen LogP contribution in [0.1, 0.15) is 23.1 Å². The normalized spacial score (nSPS) is 16.6. The lowest BCUT2D eigenvalue weighted by molar-refractivity contribution is -0.129. The van der Waals surface area contributed by atoms with E-state index in [1.807, 2.05) is 42.5 Å². The number of hydrogen-bond acceptors (Lipinski definition) is 3. The number of amides is 2. The fourth-order valence-corrected chi connectivity index (χ4v) is 3.43. The Morgan fingerprint density at radius 2 is 1.81 bits per heavy atom. The minimum Gasteiger partial charge on any atom is -0.380 e. The maximum Gasteiger partial charge on any atom is 0.225 e. The van der Waals surface area contributed by atoms with Crippen LogP contribution < -0.4 is 5.32 Å². The average molecular weight is 366 g/mol. The van der Waals surface area contributed by atoms with Crippen molar-refractivity contribution in [3.8, 4) is 0 Å². The summed E-state index contributed by atoms with van der Waals surface area (Å²) in [5, 5.41) is 2.98. The third-order valence-corrected chi connectivity index (χ3v) is 4.97. The Kier molecular flexibility index (Phi) is 6.60. The van der Waals surface area contributed by atoms with Crippen LogP contribution in [0.25, 0.3) is 0 Å². The molecule has 1 heterocycles. The van der Waals surface area contributed by atoms with Gasteiger partial charge in [-0.2, -0.15) is 0 Å². The fraction of sp³-hybridized carbons (Fsp3) is 0.364. The van der Waals surface area contributed by atoms with Crippen LogP contribution in [0, 0.1) is 5.92 Å². The second-order valence-electron chi connectivity index (χ2n) is 6.90. The Balaban J connectivity index is 1.50. The van der Waals surface area contributed by atoms with Crippen molar-refractivity contribution in [1.82, 2.24) is 10.2 Å². The minimum absolute atomic E-state index is 0.0576. The Morgan fingerprint density at radius 3 is 2.56 bits per heavy atom. The molecule has 0 aromatic heterocycles. The molecule has 1 atom stereocenters. The van der Waals surface area contributed by atoms with Crippen molar-refractivity contribution in [2.75, 3.05) is 20.2 Å². The molecule has 1 N–H and O–H groups in total. The van der Waals surface area contributed by atoms with Gasteiger partial charge in [0.2, 0.25) is 11.8 Å². The summed E-state index contributed by atoms with van der Waals surface area (Å²) in [6.45, 7) is 2.12. The molecule has 5 nitrogen and oxygen atoms in total. The molecule has 0 spiro atoms. The molecule has 142 valence electrons. The molecule has 3 rings (SSSR count). The number of benzene rings is 2. The highest BCUT2D eigenvalue weighted by atomic mass is 16.5. The van der Waals surface area contributed by atoms with Gasteiger partial charge in [0.05, 0.1) is 12.5 Å². The molecule has 2 aromatic rings. The summed E-state index contributed by atoms with van der Waals surface area (Å²) >= 11 is 0. The molecule has 1 aliphatic heterocycles. The summed E-state index contributed by atoms with van der Waals surface area (Å²) in [7, 11) is 1.66. The van der Waals surface area contributed by atoms with Gasteiger partial charge in [-0.1, -0.05) is 54.6 Å². The molecule has 1 aliphatic rings. The predicted molar refractivity (Wildman–Crippen MR) is 104 cm³/mol. The van der Waals surface area contributed by atoms with E-state index in [0.29, 0.717) is 32.7 Å². The molecule has 27 heavy (non-hydrogen) atoms. The van der Waals surface area contributed by atoms with Crippen LogP contribution in [0.15, 0.2) is 54.6 Å². The van der Waals surface area contributed by atoms with Crippen LogP contribution in [-0.4, -0.2) is 36.9 Å². The van der Waals surface area contributed by atoms with Crippen molar-refractivity contribution in [2.45, 2.75) is 26.0 Å². The van der Waals surface area contributed by atoms with Crippen molar-refractivity contribution >= 4 is 11.8 Å². The smallest absolute Gasteiger partial charge is 0.225 e. The molecule has 1 saturated heterocycles. The zero-order chi connectivity index (χ0) is 19.1. The van der Waals surface area contributed by atoms with E-state index in [9.17, 15) is 9.59 Å². The summed E-state index contributed by atoms with van der Waals surface area (Å²) in [5.41, 5.74) is 3.30. The summed E-state index contributed by atoms with van der Waals surface area (Å²) in [5.74, 6) is -0.272. The van der Waals surface area contributed by atoms with Gasteiger partial charge >= 0.3 is 0 Å². The molecule has 2 aromatic carbocycles. The van der Waals surface area contributed by atoms with Crippen molar-refractivity contribution in [3.05, 3.63) is 71.3 Å².